The standard InChI is InChI=1S/C21H24N2O6/c1-23(2)16-12-7-10-6-9-4-3-5-13(24)14(9)18(26)15(10)19(27)21(12,29)8-11(17(16)25)20(22)28/h3-5,10,12,16,24-25,27,29H,6-8H2,1-2H3,(H2,22,28). The summed E-state index contributed by atoms with van der Waals surface area (Å²) in [6, 6.07) is 4.07. The molecule has 0 fully saturated rings. The zero-order valence-electron chi connectivity index (χ0n) is 16.2. The molecule has 1 aromatic carbocycles. The van der Waals surface area contributed by atoms with Crippen LogP contribution in [0.3, 0.4) is 0 Å². The van der Waals surface area contributed by atoms with E-state index in [4.69, 9.17) is 5.73 Å². The van der Waals surface area contributed by atoms with E-state index in [1.807, 2.05) is 0 Å². The lowest BCUT2D eigenvalue weighted by molar-refractivity contribution is -0.118. The Morgan fingerprint density at radius 3 is 2.55 bits per heavy atom. The minimum atomic E-state index is -1.92. The van der Waals surface area contributed by atoms with Crippen LogP contribution in [0, 0.1) is 11.8 Å². The van der Waals surface area contributed by atoms with E-state index in [1.54, 1.807) is 31.1 Å². The van der Waals surface area contributed by atoms with Gasteiger partial charge in [-0.1, -0.05) is 12.1 Å². The molecule has 0 aliphatic heterocycles. The summed E-state index contributed by atoms with van der Waals surface area (Å²) in [6.45, 7) is 0. The molecule has 4 rings (SSSR count). The van der Waals surface area contributed by atoms with Crippen molar-refractivity contribution in [2.75, 3.05) is 14.1 Å². The molecule has 1 aromatic rings. The maximum atomic E-state index is 13.1. The van der Waals surface area contributed by atoms with Gasteiger partial charge in [0.1, 0.15) is 22.9 Å². The zero-order valence-corrected chi connectivity index (χ0v) is 16.2. The summed E-state index contributed by atoms with van der Waals surface area (Å²) in [5.74, 6) is -3.35. The van der Waals surface area contributed by atoms with E-state index >= 15 is 0 Å². The molecule has 154 valence electrons. The number of rotatable bonds is 2. The number of allylic oxidation sites excluding steroid dienone is 1. The summed E-state index contributed by atoms with van der Waals surface area (Å²) in [6.07, 6.45) is 0.344. The topological polar surface area (TPSA) is 144 Å². The number of hydrogen-bond donors (Lipinski definition) is 5. The molecule has 0 saturated carbocycles. The first-order chi connectivity index (χ1) is 13.6. The number of aromatic hydroxyl groups is 1. The van der Waals surface area contributed by atoms with Crippen LogP contribution in [-0.4, -0.2) is 62.8 Å². The number of ketones is 1. The molecule has 4 unspecified atom stereocenters. The Morgan fingerprint density at radius 1 is 1.24 bits per heavy atom. The van der Waals surface area contributed by atoms with Crippen LogP contribution in [-0.2, 0) is 11.2 Å². The Bertz CT molecular complexity index is 995. The highest BCUT2D eigenvalue weighted by molar-refractivity contribution is 6.13. The monoisotopic (exact) mass is 400 g/mol. The third kappa shape index (κ3) is 2.59. The van der Waals surface area contributed by atoms with Gasteiger partial charge in [-0.3, -0.25) is 14.5 Å². The van der Waals surface area contributed by atoms with Crippen molar-refractivity contribution in [1.29, 1.82) is 0 Å². The molecule has 8 heteroatoms. The molecule has 6 N–H and O–H groups in total. The third-order valence-corrected chi connectivity index (χ3v) is 6.56. The SMILES string of the molecule is CN(C)C1C(O)=C(C(N)=O)CC2(O)C(O)=C3C(=O)c4c(O)cccc4CC3CC12. The summed E-state index contributed by atoms with van der Waals surface area (Å²) in [5, 5.41) is 43.4. The number of phenolic OH excluding ortho intramolecular Hbond substituents is 1. The normalized spacial score (nSPS) is 31.4. The summed E-state index contributed by atoms with van der Waals surface area (Å²) in [7, 11) is 3.39. The van der Waals surface area contributed by atoms with Gasteiger partial charge in [-0.15, -0.1) is 0 Å². The molecule has 1 amide bonds. The van der Waals surface area contributed by atoms with Crippen molar-refractivity contribution in [3.63, 3.8) is 0 Å². The van der Waals surface area contributed by atoms with Crippen molar-refractivity contribution >= 4 is 11.7 Å². The number of Topliss-reactive ketones (excluding diaryl/α,β-unsaturated/α-hetero) is 1. The van der Waals surface area contributed by atoms with Crippen LogP contribution < -0.4 is 5.73 Å². The van der Waals surface area contributed by atoms with Crippen molar-refractivity contribution < 1.29 is 30.0 Å². The minimum absolute atomic E-state index is 0.0560. The molecular formula is C21H24N2O6. The largest absolute Gasteiger partial charge is 0.510 e. The van der Waals surface area contributed by atoms with Crippen molar-refractivity contribution in [2.45, 2.75) is 30.9 Å². The molecule has 8 nitrogen and oxygen atoms in total. The molecule has 0 saturated heterocycles. The number of primary amides is 1. The maximum Gasteiger partial charge on any atom is 0.248 e. The predicted molar refractivity (Wildman–Crippen MR) is 103 cm³/mol. The molecule has 0 spiro atoms. The highest BCUT2D eigenvalue weighted by Crippen LogP contribution is 2.53. The van der Waals surface area contributed by atoms with Gasteiger partial charge in [0, 0.05) is 17.9 Å². The Hall–Kier alpha value is -2.84. The average molecular weight is 400 g/mol. The number of aliphatic hydroxyl groups is 3. The molecule has 3 aliphatic carbocycles. The number of amides is 1. The molecule has 0 bridgehead atoms. The molecule has 29 heavy (non-hydrogen) atoms. The molecule has 0 heterocycles. The van der Waals surface area contributed by atoms with Gasteiger partial charge in [0.15, 0.2) is 5.78 Å². The van der Waals surface area contributed by atoms with Crippen molar-refractivity contribution in [3.05, 3.63) is 52.0 Å². The highest BCUT2D eigenvalue weighted by Gasteiger charge is 2.58. The van der Waals surface area contributed by atoms with E-state index in [9.17, 15) is 30.0 Å². The van der Waals surface area contributed by atoms with Crippen LogP contribution in [0.2, 0.25) is 0 Å². The quantitative estimate of drug-likeness (QED) is 0.497. The number of nitrogens with two attached hydrogens (primary N) is 1. The van der Waals surface area contributed by atoms with Gasteiger partial charge in [0.05, 0.1) is 17.2 Å². The van der Waals surface area contributed by atoms with Crippen molar-refractivity contribution in [2.24, 2.45) is 17.6 Å². The Kier molecular flexibility index (Phi) is 4.25. The number of carbonyl (C=O) groups excluding carboxylic acids is 2. The fraction of sp³-hybridized carbons (Fsp3) is 0.429. The van der Waals surface area contributed by atoms with Crippen LogP contribution in [0.25, 0.3) is 0 Å². The van der Waals surface area contributed by atoms with Gasteiger partial charge < -0.3 is 26.2 Å². The lowest BCUT2D eigenvalue weighted by Crippen LogP contribution is -2.59. The minimum Gasteiger partial charge on any atom is -0.510 e. The predicted octanol–water partition coefficient (Wildman–Crippen LogP) is 0.942. The second kappa shape index (κ2) is 6.33. The lowest BCUT2D eigenvalue weighted by atomic mass is 9.59. The summed E-state index contributed by atoms with van der Waals surface area (Å²) < 4.78 is 0. The smallest absolute Gasteiger partial charge is 0.248 e. The van der Waals surface area contributed by atoms with Crippen LogP contribution in [0.4, 0.5) is 0 Å². The number of fused-ring (bicyclic) bond motifs is 3. The van der Waals surface area contributed by atoms with Crippen LogP contribution in [0.5, 0.6) is 5.75 Å². The number of aliphatic hydroxyl groups excluding tert-OH is 2. The van der Waals surface area contributed by atoms with E-state index in [2.05, 4.69) is 0 Å². The third-order valence-electron chi connectivity index (χ3n) is 6.56. The van der Waals surface area contributed by atoms with Crippen LogP contribution in [0.15, 0.2) is 40.9 Å². The van der Waals surface area contributed by atoms with Crippen molar-refractivity contribution in [3.8, 4) is 5.75 Å². The van der Waals surface area contributed by atoms with Gasteiger partial charge in [0.2, 0.25) is 5.91 Å². The van der Waals surface area contributed by atoms with Crippen molar-refractivity contribution in [1.82, 2.24) is 4.90 Å². The lowest BCUT2D eigenvalue weighted by Gasteiger charge is -2.51. The number of likely N-dealkylation sites (N-methyl/N-ethyl adjacent to an activating group) is 1. The molecular weight excluding hydrogens is 376 g/mol. The second-order valence-electron chi connectivity index (χ2n) is 8.38. The number of phenols is 1. The number of carbonyl (C=O) groups is 2. The fourth-order valence-corrected chi connectivity index (χ4v) is 5.27. The van der Waals surface area contributed by atoms with Gasteiger partial charge in [-0.25, -0.2) is 0 Å². The zero-order chi connectivity index (χ0) is 21.2. The fourth-order valence-electron chi connectivity index (χ4n) is 5.27. The average Bonchev–Trinajstić information content (AvgIpc) is 2.62. The summed E-state index contributed by atoms with van der Waals surface area (Å²) in [4.78, 5) is 26.7. The van der Waals surface area contributed by atoms with E-state index in [1.165, 1.54) is 6.07 Å². The number of hydrogen-bond acceptors (Lipinski definition) is 7. The maximum absolute atomic E-state index is 13.1. The van der Waals surface area contributed by atoms with E-state index in [0.717, 1.165) is 0 Å². The van der Waals surface area contributed by atoms with Gasteiger partial charge in [-0.2, -0.15) is 0 Å². The van der Waals surface area contributed by atoms with Gasteiger partial charge in [0.25, 0.3) is 0 Å². The summed E-state index contributed by atoms with van der Waals surface area (Å²) in [5.41, 5.74) is 4.17. The number of benzene rings is 1. The molecule has 0 aromatic heterocycles. The number of nitrogens with zero attached hydrogens (tertiary/aromatic N) is 1. The van der Waals surface area contributed by atoms with Gasteiger partial charge in [-0.05, 0) is 44.5 Å². The van der Waals surface area contributed by atoms with Crippen LogP contribution >= 0.6 is 0 Å². The van der Waals surface area contributed by atoms with E-state index in [0.29, 0.717) is 18.4 Å². The van der Waals surface area contributed by atoms with E-state index < -0.39 is 35.0 Å². The Labute approximate surface area is 167 Å². The molecule has 3 aliphatic rings. The van der Waals surface area contributed by atoms with Crippen LogP contribution in [0.1, 0.15) is 28.8 Å². The first-order valence-electron chi connectivity index (χ1n) is 9.47. The summed E-state index contributed by atoms with van der Waals surface area (Å²) >= 11 is 0. The van der Waals surface area contributed by atoms with E-state index in [-0.39, 0.29) is 40.6 Å². The highest BCUT2D eigenvalue weighted by atomic mass is 16.3. The molecule has 0 radical (unpaired) electrons. The Morgan fingerprint density at radius 2 is 1.93 bits per heavy atom. The first-order valence-corrected chi connectivity index (χ1v) is 9.47. The first kappa shape index (κ1) is 19.5. The second-order valence-corrected chi connectivity index (χ2v) is 8.38. The molecule has 4 atom stereocenters. The Balaban J connectivity index is 1.91. The van der Waals surface area contributed by atoms with Gasteiger partial charge >= 0.3 is 0 Å².